The van der Waals surface area contributed by atoms with Crippen LogP contribution in [-0.4, -0.2) is 11.1 Å². The van der Waals surface area contributed by atoms with Crippen molar-refractivity contribution in [1.29, 1.82) is 5.26 Å². The molecule has 0 aromatic heterocycles. The molecule has 3 nitrogen and oxygen atoms in total. The number of benzene rings is 1. The normalized spacial score (nSPS) is 10.9. The van der Waals surface area contributed by atoms with Gasteiger partial charge in [0.15, 0.2) is 0 Å². The monoisotopic (exact) mass is 215 g/mol. The van der Waals surface area contributed by atoms with Crippen LogP contribution in [0.5, 0.6) is 0 Å². The Morgan fingerprint density at radius 1 is 1.44 bits per heavy atom. The molecule has 0 aliphatic carbocycles. The summed E-state index contributed by atoms with van der Waals surface area (Å²) in [6, 6.07) is 9.21. The van der Waals surface area contributed by atoms with Gasteiger partial charge >= 0.3 is 5.97 Å². The van der Waals surface area contributed by atoms with Crippen LogP contribution in [0.4, 0.5) is 0 Å². The topological polar surface area (TPSA) is 61.1 Å². The van der Waals surface area contributed by atoms with Crippen molar-refractivity contribution in [1.82, 2.24) is 0 Å². The van der Waals surface area contributed by atoms with Crippen LogP contribution >= 0.6 is 0 Å². The molecule has 0 aliphatic heterocycles. The average molecular weight is 215 g/mol. The molecule has 0 radical (unpaired) electrons. The maximum absolute atomic E-state index is 10.5. The molecule has 1 rings (SSSR count). The summed E-state index contributed by atoms with van der Waals surface area (Å²) in [4.78, 5) is 10.5. The predicted octanol–water partition coefficient (Wildman–Crippen LogP) is 2.83. The molecule has 0 spiro atoms. The van der Waals surface area contributed by atoms with Gasteiger partial charge < -0.3 is 5.11 Å². The van der Waals surface area contributed by atoms with E-state index >= 15 is 0 Å². The number of rotatable bonds is 4. The predicted molar refractivity (Wildman–Crippen MR) is 61.7 cm³/mol. The van der Waals surface area contributed by atoms with Crippen LogP contribution in [0.3, 0.4) is 0 Å². The van der Waals surface area contributed by atoms with Gasteiger partial charge in [0.1, 0.15) is 0 Å². The van der Waals surface area contributed by atoms with Crippen LogP contribution in [0.1, 0.15) is 30.9 Å². The summed E-state index contributed by atoms with van der Waals surface area (Å²) in [6.07, 6.45) is 2.52. The third kappa shape index (κ3) is 3.25. The van der Waals surface area contributed by atoms with Crippen molar-refractivity contribution in [3.05, 3.63) is 41.5 Å². The summed E-state index contributed by atoms with van der Waals surface area (Å²) in [5.41, 5.74) is 2.58. The van der Waals surface area contributed by atoms with E-state index in [2.05, 4.69) is 0 Å². The van der Waals surface area contributed by atoms with Crippen molar-refractivity contribution in [3.63, 3.8) is 0 Å². The molecule has 0 fully saturated rings. The zero-order chi connectivity index (χ0) is 12.0. The summed E-state index contributed by atoms with van der Waals surface area (Å²) in [7, 11) is 0. The lowest BCUT2D eigenvalue weighted by atomic mass is 10.0. The summed E-state index contributed by atoms with van der Waals surface area (Å²) < 4.78 is 0. The fourth-order valence-corrected chi connectivity index (χ4v) is 1.44. The first-order valence-corrected chi connectivity index (χ1v) is 5.08. The number of allylic oxidation sites excluding steroid dienone is 1. The molecule has 0 saturated heterocycles. The summed E-state index contributed by atoms with van der Waals surface area (Å²) in [5, 5.41) is 17.3. The van der Waals surface area contributed by atoms with Crippen LogP contribution in [0.15, 0.2) is 30.3 Å². The number of hydrogen-bond acceptors (Lipinski definition) is 2. The molecule has 0 atom stereocenters. The zero-order valence-electron chi connectivity index (χ0n) is 9.10. The third-order valence-corrected chi connectivity index (χ3v) is 2.29. The molecule has 1 N–H and O–H groups in total. The molecule has 0 bridgehead atoms. The number of aliphatic carboxylic acids is 1. The van der Waals surface area contributed by atoms with Gasteiger partial charge in [0, 0.05) is 0 Å². The fraction of sp³-hybridized carbons (Fsp3) is 0.231. The Morgan fingerprint density at radius 2 is 2.06 bits per heavy atom. The second-order valence-corrected chi connectivity index (χ2v) is 3.37. The quantitative estimate of drug-likeness (QED) is 0.840. The number of nitrogens with zero attached hydrogens (tertiary/aromatic N) is 1. The highest BCUT2D eigenvalue weighted by atomic mass is 16.4. The summed E-state index contributed by atoms with van der Waals surface area (Å²) in [5.74, 6) is -0.834. The van der Waals surface area contributed by atoms with E-state index < -0.39 is 5.97 Å². The van der Waals surface area contributed by atoms with E-state index in [0.717, 1.165) is 17.6 Å². The Hall–Kier alpha value is -2.08. The van der Waals surface area contributed by atoms with E-state index in [1.54, 1.807) is 18.2 Å². The molecule has 3 heteroatoms. The molecule has 16 heavy (non-hydrogen) atoms. The van der Waals surface area contributed by atoms with E-state index in [1.165, 1.54) is 0 Å². The lowest BCUT2D eigenvalue weighted by molar-refractivity contribution is -0.135. The van der Waals surface area contributed by atoms with Gasteiger partial charge in [0.25, 0.3) is 0 Å². The Labute approximate surface area is 94.6 Å². The highest BCUT2D eigenvalue weighted by Gasteiger charge is 2.01. The Bertz CT molecular complexity index is 438. The van der Waals surface area contributed by atoms with Gasteiger partial charge in [-0.05, 0) is 29.7 Å². The largest absolute Gasteiger partial charge is 0.481 e. The molecular formula is C13H13NO2. The maximum atomic E-state index is 10.5. The minimum Gasteiger partial charge on any atom is -0.481 e. The second-order valence-electron chi connectivity index (χ2n) is 3.37. The molecule has 1 aromatic rings. The molecule has 1 aromatic carbocycles. The van der Waals surface area contributed by atoms with Crippen molar-refractivity contribution in [2.45, 2.75) is 19.8 Å². The van der Waals surface area contributed by atoms with E-state index in [9.17, 15) is 4.79 Å². The molecule has 0 aliphatic rings. The Kier molecular flexibility index (Phi) is 4.28. The maximum Gasteiger partial charge on any atom is 0.307 e. The number of carbonyl (C=O) groups is 1. The number of carboxylic acid groups (broad SMARTS) is 1. The van der Waals surface area contributed by atoms with Crippen LogP contribution < -0.4 is 0 Å². The van der Waals surface area contributed by atoms with Crippen LogP contribution in [-0.2, 0) is 4.79 Å². The van der Waals surface area contributed by atoms with Gasteiger partial charge in [0.05, 0.1) is 18.1 Å². The SMILES string of the molecule is CC/C(=C\CC(=O)O)c1ccc(C#N)cc1. The van der Waals surface area contributed by atoms with Gasteiger partial charge in [-0.2, -0.15) is 5.26 Å². The van der Waals surface area contributed by atoms with Gasteiger partial charge in [-0.25, -0.2) is 0 Å². The fourth-order valence-electron chi connectivity index (χ4n) is 1.44. The van der Waals surface area contributed by atoms with Crippen molar-refractivity contribution >= 4 is 11.5 Å². The van der Waals surface area contributed by atoms with E-state index in [1.807, 2.05) is 25.1 Å². The minimum absolute atomic E-state index is 0.0309. The third-order valence-electron chi connectivity index (χ3n) is 2.29. The van der Waals surface area contributed by atoms with Gasteiger partial charge in [-0.3, -0.25) is 4.79 Å². The lowest BCUT2D eigenvalue weighted by Gasteiger charge is -2.04. The highest BCUT2D eigenvalue weighted by molar-refractivity contribution is 5.74. The first-order valence-electron chi connectivity index (χ1n) is 5.08. The average Bonchev–Trinajstić information content (AvgIpc) is 2.30. The van der Waals surface area contributed by atoms with Crippen LogP contribution in [0, 0.1) is 11.3 Å². The smallest absolute Gasteiger partial charge is 0.307 e. The Balaban J connectivity index is 2.91. The zero-order valence-corrected chi connectivity index (χ0v) is 9.10. The standard InChI is InChI=1S/C13H13NO2/c1-2-11(7-8-13(15)16)12-5-3-10(9-14)4-6-12/h3-7H,2,8H2,1H3,(H,15,16)/b11-7+. The molecule has 0 heterocycles. The molecular weight excluding hydrogens is 202 g/mol. The van der Waals surface area contributed by atoms with Crippen molar-refractivity contribution < 1.29 is 9.90 Å². The second kappa shape index (κ2) is 5.72. The molecule has 0 unspecified atom stereocenters. The number of carboxylic acids is 1. The van der Waals surface area contributed by atoms with E-state index in [-0.39, 0.29) is 6.42 Å². The van der Waals surface area contributed by atoms with Gasteiger partial charge in [-0.1, -0.05) is 25.1 Å². The van der Waals surface area contributed by atoms with Crippen LogP contribution in [0.25, 0.3) is 5.57 Å². The summed E-state index contributed by atoms with van der Waals surface area (Å²) in [6.45, 7) is 1.98. The van der Waals surface area contributed by atoms with Crippen molar-refractivity contribution in [2.24, 2.45) is 0 Å². The van der Waals surface area contributed by atoms with Crippen molar-refractivity contribution in [2.75, 3.05) is 0 Å². The minimum atomic E-state index is -0.834. The molecule has 0 amide bonds. The first kappa shape index (κ1) is 12.0. The summed E-state index contributed by atoms with van der Waals surface area (Å²) >= 11 is 0. The molecule has 82 valence electrons. The van der Waals surface area contributed by atoms with E-state index in [0.29, 0.717) is 5.56 Å². The first-order chi connectivity index (χ1) is 7.67. The highest BCUT2D eigenvalue weighted by Crippen LogP contribution is 2.19. The van der Waals surface area contributed by atoms with E-state index in [4.69, 9.17) is 10.4 Å². The number of nitriles is 1. The van der Waals surface area contributed by atoms with Gasteiger partial charge in [-0.15, -0.1) is 0 Å². The van der Waals surface area contributed by atoms with Crippen LogP contribution in [0.2, 0.25) is 0 Å². The van der Waals surface area contributed by atoms with Crippen molar-refractivity contribution in [3.8, 4) is 6.07 Å². The Morgan fingerprint density at radius 3 is 2.50 bits per heavy atom. The lowest BCUT2D eigenvalue weighted by Crippen LogP contribution is -1.92. The molecule has 0 saturated carbocycles. The number of hydrogen-bond donors (Lipinski definition) is 1. The van der Waals surface area contributed by atoms with Gasteiger partial charge in [0.2, 0.25) is 0 Å².